The van der Waals surface area contributed by atoms with Crippen LogP contribution in [0.3, 0.4) is 0 Å². The standard InChI is InChI=1S/C24H19N3O9S4/c28-18(29)12-26-21(30)16(38-23(26)20-22(31)27(32)24(37)39-20)8-9-17-25(10-3-11-40(33,34)35)19-14-5-2-1-4-13(14)6-7-15(19)36-17/h1-2,4-9,32H,3,10-12H2,(H,28,29)(H,33,34,35)/b16-8?,17-9?,23-20+. The smallest absolute Gasteiger partial charge is 0.323 e. The van der Waals surface area contributed by atoms with Crippen LogP contribution >= 0.6 is 35.3 Å². The van der Waals surface area contributed by atoms with Gasteiger partial charge in [0.25, 0.3) is 21.6 Å². The highest BCUT2D eigenvalue weighted by atomic mass is 32.2. The number of hydrogen-bond acceptors (Lipinski definition) is 11. The molecule has 3 N–H and O–H groups in total. The molecule has 0 unspecified atom stereocenters. The van der Waals surface area contributed by atoms with E-state index in [1.54, 1.807) is 11.0 Å². The number of ether oxygens (including phenoxy) is 1. The number of aliphatic carboxylic acids is 1. The molecule has 5 rings (SSSR count). The molecule has 1 fully saturated rings. The fourth-order valence-electron chi connectivity index (χ4n) is 4.24. The number of thiazole rings is 1. The Bertz CT molecular complexity index is 1910. The number of benzene rings is 2. The number of aromatic nitrogens is 1. The molecule has 2 aliphatic rings. The number of allylic oxidation sites excluding steroid dienone is 1. The molecule has 3 aromatic rings. The van der Waals surface area contributed by atoms with Crippen molar-refractivity contribution in [3.05, 3.63) is 67.9 Å². The fraction of sp³-hybridized carbons (Fsp3) is 0.167. The molecule has 2 aromatic carbocycles. The van der Waals surface area contributed by atoms with Gasteiger partial charge < -0.3 is 14.7 Å². The fourth-order valence-corrected chi connectivity index (χ4v) is 7.01. The molecule has 0 bridgehead atoms. The van der Waals surface area contributed by atoms with Gasteiger partial charge in [0, 0.05) is 18.0 Å². The van der Waals surface area contributed by atoms with E-state index < -0.39 is 39.9 Å². The van der Waals surface area contributed by atoms with Gasteiger partial charge in [-0.3, -0.25) is 28.7 Å². The van der Waals surface area contributed by atoms with Crippen LogP contribution in [0.4, 0.5) is 5.69 Å². The zero-order valence-corrected chi connectivity index (χ0v) is 23.5. The predicted octanol–water partition coefficient (Wildman–Crippen LogP) is 1.30. The van der Waals surface area contributed by atoms with Crippen molar-refractivity contribution in [1.29, 1.82) is 0 Å². The largest absolute Gasteiger partial charge is 0.480 e. The molecular formula is C24H19N3O9S4. The van der Waals surface area contributed by atoms with E-state index in [4.69, 9.17) is 17.0 Å². The monoisotopic (exact) mass is 621 g/mol. The SMILES string of the molecule is O=C(O)Cn1c(=O)c(=CC=C2Oc3ccc4ccccc4c3N2CCCS(=O)(=O)O)s/c1=C1/SC(=S)N(O)C1=O. The Morgan fingerprint density at radius 1 is 1.12 bits per heavy atom. The number of fused-ring (bicyclic) bond motifs is 3. The van der Waals surface area contributed by atoms with Crippen LogP contribution in [0.2, 0.25) is 0 Å². The van der Waals surface area contributed by atoms with Crippen molar-refractivity contribution in [2.45, 2.75) is 13.0 Å². The van der Waals surface area contributed by atoms with E-state index in [2.05, 4.69) is 0 Å². The van der Waals surface area contributed by atoms with Crippen molar-refractivity contribution < 1.29 is 37.6 Å². The minimum Gasteiger partial charge on any atom is -0.480 e. The second-order valence-electron chi connectivity index (χ2n) is 8.57. The summed E-state index contributed by atoms with van der Waals surface area (Å²) in [5, 5.41) is 21.2. The van der Waals surface area contributed by atoms with Gasteiger partial charge in [0.2, 0.25) is 5.88 Å². The zero-order valence-electron chi connectivity index (χ0n) is 20.2. The summed E-state index contributed by atoms with van der Waals surface area (Å²) in [5.41, 5.74) is 0.00430. The Balaban J connectivity index is 1.63. The predicted molar refractivity (Wildman–Crippen MR) is 153 cm³/mol. The summed E-state index contributed by atoms with van der Waals surface area (Å²) in [5.74, 6) is -1.88. The Labute approximate surface area is 239 Å². The molecule has 0 atom stereocenters. The molecule has 1 amide bonds. The highest BCUT2D eigenvalue weighted by Gasteiger charge is 2.34. The van der Waals surface area contributed by atoms with Gasteiger partial charge in [0.05, 0.1) is 16.0 Å². The molecule has 0 aliphatic carbocycles. The quantitative estimate of drug-likeness (QED) is 0.197. The summed E-state index contributed by atoms with van der Waals surface area (Å²) in [6.45, 7) is -0.563. The highest BCUT2D eigenvalue weighted by Crippen LogP contribution is 2.44. The average molecular weight is 622 g/mol. The van der Waals surface area contributed by atoms with Gasteiger partial charge in [-0.1, -0.05) is 30.3 Å². The first-order chi connectivity index (χ1) is 18.9. The van der Waals surface area contributed by atoms with E-state index in [-0.39, 0.29) is 42.3 Å². The number of hydroxylamine groups is 2. The highest BCUT2D eigenvalue weighted by molar-refractivity contribution is 8.30. The van der Waals surface area contributed by atoms with Gasteiger partial charge in [-0.2, -0.15) is 13.5 Å². The lowest BCUT2D eigenvalue weighted by Gasteiger charge is -2.19. The molecule has 2 aliphatic heterocycles. The van der Waals surface area contributed by atoms with E-state index in [1.807, 2.05) is 30.3 Å². The number of carboxylic acids is 1. The Morgan fingerprint density at radius 3 is 2.55 bits per heavy atom. The van der Waals surface area contributed by atoms with Crippen molar-refractivity contribution in [1.82, 2.24) is 9.63 Å². The maximum absolute atomic E-state index is 13.2. The van der Waals surface area contributed by atoms with Crippen molar-refractivity contribution in [2.24, 2.45) is 0 Å². The van der Waals surface area contributed by atoms with Crippen LogP contribution in [-0.2, 0) is 26.3 Å². The van der Waals surface area contributed by atoms with Gasteiger partial charge in [-0.05, 0) is 47.9 Å². The maximum atomic E-state index is 13.2. The van der Waals surface area contributed by atoms with Gasteiger partial charge in [0.15, 0.2) is 10.1 Å². The zero-order chi connectivity index (χ0) is 28.8. The molecule has 16 heteroatoms. The van der Waals surface area contributed by atoms with Crippen LogP contribution in [0.1, 0.15) is 6.42 Å². The third kappa shape index (κ3) is 5.41. The van der Waals surface area contributed by atoms with Gasteiger partial charge in [-0.25, -0.2) is 0 Å². The van der Waals surface area contributed by atoms with Crippen LogP contribution in [-0.4, -0.2) is 61.4 Å². The van der Waals surface area contributed by atoms with Crippen LogP contribution in [0, 0.1) is 0 Å². The molecule has 0 spiro atoms. The topological polar surface area (TPSA) is 167 Å². The van der Waals surface area contributed by atoms with Gasteiger partial charge in [-0.15, -0.1) is 11.3 Å². The minimum atomic E-state index is -4.19. The summed E-state index contributed by atoms with van der Waals surface area (Å²) in [7, 11) is -4.19. The first kappa shape index (κ1) is 28.0. The van der Waals surface area contributed by atoms with Crippen molar-refractivity contribution >= 4 is 89.1 Å². The number of thioether (sulfide) groups is 1. The lowest BCUT2D eigenvalue weighted by Crippen LogP contribution is -2.35. The Kier molecular flexibility index (Phi) is 7.56. The molecule has 3 heterocycles. The molecule has 1 saturated heterocycles. The number of hydrogen-bond donors (Lipinski definition) is 3. The summed E-state index contributed by atoms with van der Waals surface area (Å²) in [4.78, 5) is 38.8. The molecular weight excluding hydrogens is 603 g/mol. The number of carbonyl (C=O) groups is 2. The van der Waals surface area contributed by atoms with Gasteiger partial charge in [0.1, 0.15) is 16.1 Å². The number of nitrogens with zero attached hydrogens (tertiary/aromatic N) is 3. The van der Waals surface area contributed by atoms with Crippen LogP contribution < -0.4 is 24.4 Å². The molecule has 0 radical (unpaired) electrons. The number of rotatable bonds is 7. The first-order valence-electron chi connectivity index (χ1n) is 11.5. The summed E-state index contributed by atoms with van der Waals surface area (Å²) in [6, 6.07) is 11.2. The van der Waals surface area contributed by atoms with E-state index in [9.17, 15) is 37.7 Å². The van der Waals surface area contributed by atoms with E-state index in [0.29, 0.717) is 11.4 Å². The summed E-state index contributed by atoms with van der Waals surface area (Å²) >= 11 is 6.53. The number of anilines is 1. The lowest BCUT2D eigenvalue weighted by molar-refractivity contribution is -0.140. The summed E-state index contributed by atoms with van der Waals surface area (Å²) < 4.78 is 38.8. The number of carboxylic acid groups (broad SMARTS) is 1. The van der Waals surface area contributed by atoms with Crippen molar-refractivity contribution in [3.8, 4) is 5.75 Å². The van der Waals surface area contributed by atoms with E-state index >= 15 is 0 Å². The van der Waals surface area contributed by atoms with Crippen molar-refractivity contribution in [3.63, 3.8) is 0 Å². The molecule has 12 nitrogen and oxygen atoms in total. The van der Waals surface area contributed by atoms with E-state index in [0.717, 1.165) is 38.4 Å². The third-order valence-electron chi connectivity index (χ3n) is 5.92. The van der Waals surface area contributed by atoms with E-state index in [1.165, 1.54) is 12.2 Å². The maximum Gasteiger partial charge on any atom is 0.323 e. The van der Waals surface area contributed by atoms with Gasteiger partial charge >= 0.3 is 5.97 Å². The first-order valence-corrected chi connectivity index (χ1v) is 15.1. The number of carbonyl (C=O) groups excluding carboxylic acids is 1. The Morgan fingerprint density at radius 2 is 1.88 bits per heavy atom. The minimum absolute atomic E-state index is 0.0255. The molecule has 40 heavy (non-hydrogen) atoms. The van der Waals surface area contributed by atoms with Crippen molar-refractivity contribution in [2.75, 3.05) is 17.2 Å². The third-order valence-corrected chi connectivity index (χ3v) is 9.34. The Hall–Kier alpha value is -3.54. The molecule has 0 saturated carbocycles. The number of amides is 1. The number of thiocarbonyl (C=S) groups is 1. The average Bonchev–Trinajstić information content (AvgIpc) is 3.49. The second kappa shape index (κ2) is 10.8. The second-order valence-corrected chi connectivity index (χ2v) is 12.8. The molecule has 1 aromatic heterocycles. The normalized spacial score (nSPS) is 18.2. The van der Waals surface area contributed by atoms with Crippen LogP contribution in [0.5, 0.6) is 5.75 Å². The summed E-state index contributed by atoms with van der Waals surface area (Å²) in [6.07, 6.45) is 2.97. The lowest BCUT2D eigenvalue weighted by atomic mass is 10.1. The van der Waals surface area contributed by atoms with Crippen LogP contribution in [0.15, 0.2) is 53.2 Å². The molecule has 208 valence electrons. The van der Waals surface area contributed by atoms with Crippen LogP contribution in [0.25, 0.3) is 21.8 Å².